The first-order chi connectivity index (χ1) is 2.89. The van der Waals surface area contributed by atoms with E-state index in [1.165, 1.54) is 0 Å². The fraction of sp³-hybridized carbons (Fsp3) is 0.333. The molecule has 0 aliphatic heterocycles. The molecular formula is C6H6. The van der Waals surface area contributed by atoms with Gasteiger partial charge in [-0.15, -0.1) is 0 Å². The predicted octanol–water partition coefficient (Wildman–Crippen LogP) is 1.20. The molecule has 0 aromatic rings. The van der Waals surface area contributed by atoms with Gasteiger partial charge in [0.25, 0.3) is 0 Å². The highest BCUT2D eigenvalue weighted by Crippen LogP contribution is 1.97. The van der Waals surface area contributed by atoms with Crippen molar-refractivity contribution in [1.29, 1.82) is 0 Å². The largest absolute Gasteiger partial charge is 0.0912 e. The maximum atomic E-state index is 2.96. The molecule has 0 aromatic heterocycles. The van der Waals surface area contributed by atoms with E-state index in [1.54, 1.807) is 0 Å². The zero-order valence-corrected chi connectivity index (χ0v) is 3.73. The summed E-state index contributed by atoms with van der Waals surface area (Å²) >= 11 is 0. The summed E-state index contributed by atoms with van der Waals surface area (Å²) in [6.07, 6.45) is 3.95. The molecule has 1 aliphatic rings. The van der Waals surface area contributed by atoms with Crippen LogP contribution in [0.5, 0.6) is 0 Å². The van der Waals surface area contributed by atoms with Crippen molar-refractivity contribution >= 4 is 0 Å². The van der Waals surface area contributed by atoms with Crippen molar-refractivity contribution in [3.8, 4) is 11.8 Å². The highest BCUT2D eigenvalue weighted by atomic mass is 13.9. The van der Waals surface area contributed by atoms with Gasteiger partial charge in [-0.25, -0.2) is 0 Å². The third kappa shape index (κ3) is 0.440. The topological polar surface area (TPSA) is 0 Å². The van der Waals surface area contributed by atoms with Crippen LogP contribution in [-0.2, 0) is 0 Å². The Morgan fingerprint density at radius 1 is 1.67 bits per heavy atom. The van der Waals surface area contributed by atoms with Gasteiger partial charge in [0, 0.05) is 5.92 Å². The van der Waals surface area contributed by atoms with Gasteiger partial charge < -0.3 is 0 Å². The fourth-order valence-electron chi connectivity index (χ4n) is 0.420. The van der Waals surface area contributed by atoms with Gasteiger partial charge in [0.1, 0.15) is 0 Å². The zero-order valence-electron chi connectivity index (χ0n) is 3.73. The van der Waals surface area contributed by atoms with E-state index in [9.17, 15) is 0 Å². The lowest BCUT2D eigenvalue weighted by molar-refractivity contribution is 0.993. The van der Waals surface area contributed by atoms with Gasteiger partial charge in [0.15, 0.2) is 0 Å². The van der Waals surface area contributed by atoms with E-state index in [0.29, 0.717) is 5.92 Å². The lowest BCUT2D eigenvalue weighted by atomic mass is 10.2. The Balaban J connectivity index is 2.71. The van der Waals surface area contributed by atoms with Crippen LogP contribution in [-0.4, -0.2) is 0 Å². The van der Waals surface area contributed by atoms with Gasteiger partial charge in [-0.2, -0.15) is 0 Å². The first-order valence-electron chi connectivity index (χ1n) is 2.07. The first kappa shape index (κ1) is 3.49. The van der Waals surface area contributed by atoms with Crippen molar-refractivity contribution in [2.45, 2.75) is 6.92 Å². The van der Waals surface area contributed by atoms with Crippen LogP contribution in [0, 0.1) is 17.8 Å². The molecule has 6 heavy (non-hydrogen) atoms. The summed E-state index contributed by atoms with van der Waals surface area (Å²) in [5, 5.41) is 0. The second-order valence-corrected chi connectivity index (χ2v) is 1.44. The summed E-state index contributed by atoms with van der Waals surface area (Å²) in [5.74, 6) is 6.30. The van der Waals surface area contributed by atoms with Gasteiger partial charge in [0.05, 0.1) is 0 Å². The maximum absolute atomic E-state index is 2.96. The van der Waals surface area contributed by atoms with E-state index in [0.717, 1.165) is 0 Å². The minimum Gasteiger partial charge on any atom is -0.0912 e. The Hall–Kier alpha value is -0.700. The molecule has 0 spiro atoms. The normalized spacial score (nSPS) is 26.5. The molecule has 30 valence electrons. The standard InChI is InChI=1S/C6H6/c1-6-4-2-3-5-6/h2,4,6H,1H3. The summed E-state index contributed by atoms with van der Waals surface area (Å²) in [4.78, 5) is 0. The summed E-state index contributed by atoms with van der Waals surface area (Å²) < 4.78 is 0. The van der Waals surface area contributed by atoms with Crippen molar-refractivity contribution in [1.82, 2.24) is 0 Å². The van der Waals surface area contributed by atoms with Crippen LogP contribution in [0.25, 0.3) is 0 Å². The van der Waals surface area contributed by atoms with Gasteiger partial charge in [0.2, 0.25) is 0 Å². The van der Waals surface area contributed by atoms with Gasteiger partial charge in [-0.3, -0.25) is 0 Å². The molecule has 0 saturated heterocycles. The van der Waals surface area contributed by atoms with E-state index >= 15 is 0 Å². The number of allylic oxidation sites excluding steroid dienone is 2. The molecule has 0 saturated carbocycles. The number of hydrogen-bond acceptors (Lipinski definition) is 0. The molecule has 0 amide bonds. The second-order valence-electron chi connectivity index (χ2n) is 1.44. The van der Waals surface area contributed by atoms with Gasteiger partial charge >= 0.3 is 0 Å². The van der Waals surface area contributed by atoms with Crippen molar-refractivity contribution in [2.75, 3.05) is 0 Å². The Morgan fingerprint density at radius 3 is 2.67 bits per heavy atom. The van der Waals surface area contributed by atoms with Crippen LogP contribution in [0.4, 0.5) is 0 Å². The smallest absolute Gasteiger partial charge is 0.0367 e. The average Bonchev–Trinajstić information content (AvgIpc) is 1.86. The highest BCUT2D eigenvalue weighted by molar-refractivity contribution is 5.27. The Kier molecular flexibility index (Phi) is 0.686. The lowest BCUT2D eigenvalue weighted by Gasteiger charge is -1.80. The number of hydrogen-bond donors (Lipinski definition) is 0. The molecule has 1 aliphatic carbocycles. The number of rotatable bonds is 0. The van der Waals surface area contributed by atoms with Crippen LogP contribution >= 0.6 is 0 Å². The summed E-state index contributed by atoms with van der Waals surface area (Å²) in [5.41, 5.74) is 0. The van der Waals surface area contributed by atoms with Crippen LogP contribution in [0.15, 0.2) is 12.2 Å². The highest BCUT2D eigenvalue weighted by Gasteiger charge is 1.88. The second kappa shape index (κ2) is 1.18. The minimum atomic E-state index is 0.505. The van der Waals surface area contributed by atoms with E-state index in [-0.39, 0.29) is 0 Å². The van der Waals surface area contributed by atoms with Crippen molar-refractivity contribution in [3.05, 3.63) is 12.2 Å². The molecule has 0 fully saturated rings. The molecule has 0 N–H and O–H groups in total. The van der Waals surface area contributed by atoms with Crippen LogP contribution < -0.4 is 0 Å². The SMILES string of the molecule is CC1C#CC=C1. The van der Waals surface area contributed by atoms with Crippen LogP contribution in [0.2, 0.25) is 0 Å². The van der Waals surface area contributed by atoms with Gasteiger partial charge in [-0.1, -0.05) is 17.9 Å². The predicted molar refractivity (Wildman–Crippen MR) is 26.1 cm³/mol. The molecular weight excluding hydrogens is 72.1 g/mol. The summed E-state index contributed by atoms with van der Waals surface area (Å²) in [7, 11) is 0. The molecule has 0 nitrogen and oxygen atoms in total. The lowest BCUT2D eigenvalue weighted by Crippen LogP contribution is -1.73. The minimum absolute atomic E-state index is 0.505. The average molecular weight is 78.1 g/mol. The van der Waals surface area contributed by atoms with Crippen molar-refractivity contribution in [3.63, 3.8) is 0 Å². The fourth-order valence-corrected chi connectivity index (χ4v) is 0.420. The molecule has 1 rings (SSSR count). The molecule has 0 radical (unpaired) electrons. The zero-order chi connectivity index (χ0) is 4.41. The Morgan fingerprint density at radius 2 is 2.50 bits per heavy atom. The van der Waals surface area contributed by atoms with E-state index < -0.39 is 0 Å². The maximum Gasteiger partial charge on any atom is 0.0367 e. The monoisotopic (exact) mass is 78.0 g/mol. The van der Waals surface area contributed by atoms with Gasteiger partial charge in [-0.05, 0) is 13.0 Å². The van der Waals surface area contributed by atoms with Crippen molar-refractivity contribution in [2.24, 2.45) is 5.92 Å². The van der Waals surface area contributed by atoms with E-state index in [2.05, 4.69) is 24.8 Å². The third-order valence-corrected chi connectivity index (χ3v) is 0.779. The quantitative estimate of drug-likeness (QED) is 0.382. The summed E-state index contributed by atoms with van der Waals surface area (Å²) in [6, 6.07) is 0. The van der Waals surface area contributed by atoms with Crippen molar-refractivity contribution < 1.29 is 0 Å². The van der Waals surface area contributed by atoms with Crippen LogP contribution in [0.1, 0.15) is 6.92 Å². The molecule has 0 heteroatoms. The Bertz CT molecular complexity index is 121. The van der Waals surface area contributed by atoms with E-state index in [4.69, 9.17) is 0 Å². The van der Waals surface area contributed by atoms with Crippen LogP contribution in [0.3, 0.4) is 0 Å². The third-order valence-electron chi connectivity index (χ3n) is 0.779. The molecule has 0 heterocycles. The summed E-state index contributed by atoms with van der Waals surface area (Å²) in [6.45, 7) is 2.08. The molecule has 1 atom stereocenters. The molecule has 0 bridgehead atoms. The molecule has 1 unspecified atom stereocenters. The first-order valence-corrected chi connectivity index (χ1v) is 2.07. The molecule has 0 aromatic carbocycles. The van der Waals surface area contributed by atoms with E-state index in [1.807, 2.05) is 6.08 Å². The Labute approximate surface area is 37.9 Å².